The normalized spacial score (nSPS) is 9.74. The Hall–Kier alpha value is -2.14. The highest BCUT2D eigenvalue weighted by Gasteiger charge is 1.97. The maximum Gasteiger partial charge on any atom is 0.337 e. The lowest BCUT2D eigenvalue weighted by molar-refractivity contribution is 0.0696. The predicted octanol–water partition coefficient (Wildman–Crippen LogP) is 3.54. The van der Waals surface area contributed by atoms with Gasteiger partial charge in [-0.3, -0.25) is 4.98 Å². The van der Waals surface area contributed by atoms with Crippen LogP contribution in [0.4, 0.5) is 0 Å². The number of aromatic nitrogens is 1. The van der Waals surface area contributed by atoms with Crippen LogP contribution in [0.2, 0.25) is 0 Å². The van der Waals surface area contributed by atoms with Crippen LogP contribution in [0.5, 0.6) is 5.75 Å². The molecule has 0 aliphatic rings. The van der Waals surface area contributed by atoms with Crippen molar-refractivity contribution in [2.45, 2.75) is 0 Å². The first-order chi connectivity index (χ1) is 9.13. The number of aromatic hydroxyl groups is 1. The van der Waals surface area contributed by atoms with Crippen LogP contribution in [-0.4, -0.2) is 21.2 Å². The predicted molar refractivity (Wildman–Crippen MR) is 77.3 cm³/mol. The number of pyridine rings is 1. The summed E-state index contributed by atoms with van der Waals surface area (Å²) in [5.41, 5.74) is 1.28. The number of halogens is 1. The van der Waals surface area contributed by atoms with Crippen LogP contribution in [0.15, 0.2) is 53.8 Å². The van der Waals surface area contributed by atoms with Gasteiger partial charge in [-0.2, -0.15) is 0 Å². The van der Waals surface area contributed by atoms with Crippen molar-refractivity contribution in [2.75, 3.05) is 0 Å². The number of hydrogen-bond acceptors (Lipinski definition) is 3. The van der Waals surface area contributed by atoms with E-state index in [1.54, 1.807) is 23.2 Å². The first-order valence-corrected chi connectivity index (χ1v) is 6.24. The number of nitrogens with zero attached hydrogens (tertiary/aromatic N) is 1. The number of phenolic OH excluding ortho intramolecular Hbond substituents is 1. The minimum atomic E-state index is -0.942. The average Bonchev–Trinajstić information content (AvgIpc) is 2.43. The zero-order valence-electron chi connectivity index (χ0n) is 9.90. The average molecular weight is 322 g/mol. The molecule has 2 rings (SSSR count). The fourth-order valence-corrected chi connectivity index (χ4v) is 1.45. The maximum absolute atomic E-state index is 10.2. The van der Waals surface area contributed by atoms with E-state index < -0.39 is 5.97 Å². The second-order valence-electron chi connectivity index (χ2n) is 3.43. The van der Waals surface area contributed by atoms with E-state index in [9.17, 15) is 4.79 Å². The van der Waals surface area contributed by atoms with Crippen LogP contribution < -0.4 is 0 Å². The topological polar surface area (TPSA) is 70.4 Å². The molecule has 0 aliphatic heterocycles. The molecule has 0 saturated carbocycles. The molecule has 1 aromatic heterocycles. The smallest absolute Gasteiger partial charge is 0.337 e. The molecule has 0 bridgehead atoms. The van der Waals surface area contributed by atoms with Gasteiger partial charge >= 0.3 is 5.97 Å². The zero-order chi connectivity index (χ0) is 14.1. The third-order valence-electron chi connectivity index (χ3n) is 2.06. The van der Waals surface area contributed by atoms with Crippen LogP contribution >= 0.6 is 15.9 Å². The number of phenols is 1. The fraction of sp³-hybridized carbons (Fsp3) is 0. The Labute approximate surface area is 119 Å². The van der Waals surface area contributed by atoms with Crippen molar-refractivity contribution in [1.82, 2.24) is 4.98 Å². The number of carboxylic acids is 1. The molecule has 2 aromatic rings. The van der Waals surface area contributed by atoms with Gasteiger partial charge in [0, 0.05) is 12.4 Å². The summed E-state index contributed by atoms with van der Waals surface area (Å²) in [7, 11) is 0. The Morgan fingerprint density at radius 3 is 2.32 bits per heavy atom. The van der Waals surface area contributed by atoms with Crippen LogP contribution in [0.3, 0.4) is 0 Å². The van der Waals surface area contributed by atoms with Crippen LogP contribution in [-0.2, 0) is 0 Å². The van der Waals surface area contributed by atoms with Gasteiger partial charge in [0.1, 0.15) is 5.75 Å². The van der Waals surface area contributed by atoms with Crippen molar-refractivity contribution in [3.63, 3.8) is 0 Å². The van der Waals surface area contributed by atoms with Crippen molar-refractivity contribution in [3.8, 4) is 5.75 Å². The monoisotopic (exact) mass is 321 g/mol. The van der Waals surface area contributed by atoms with E-state index in [2.05, 4.69) is 20.9 Å². The van der Waals surface area contributed by atoms with Gasteiger partial charge in [-0.25, -0.2) is 4.79 Å². The second kappa shape index (κ2) is 8.05. The standard InChI is InChI=1S/C8H7BrO.C6H5NO2/c9-6-5-7-1-3-8(10)4-2-7;8-6(9)5-2-1-3-7-4-5/h1-6,10H;1-4H,(H,8,9). The van der Waals surface area contributed by atoms with E-state index in [4.69, 9.17) is 10.2 Å². The van der Waals surface area contributed by atoms with Gasteiger partial charge in [0.25, 0.3) is 0 Å². The van der Waals surface area contributed by atoms with Gasteiger partial charge < -0.3 is 10.2 Å². The van der Waals surface area contributed by atoms with E-state index in [0.717, 1.165) is 5.56 Å². The molecule has 0 amide bonds. The Balaban J connectivity index is 0.000000191. The third-order valence-corrected chi connectivity index (χ3v) is 2.32. The highest BCUT2D eigenvalue weighted by molar-refractivity contribution is 9.11. The van der Waals surface area contributed by atoms with Crippen LogP contribution in [0.25, 0.3) is 6.08 Å². The highest BCUT2D eigenvalue weighted by Crippen LogP contribution is 2.10. The molecule has 0 spiro atoms. The quantitative estimate of drug-likeness (QED) is 0.887. The molecule has 0 atom stereocenters. The maximum atomic E-state index is 10.2. The Morgan fingerprint density at radius 1 is 1.21 bits per heavy atom. The van der Waals surface area contributed by atoms with Crippen molar-refractivity contribution in [2.24, 2.45) is 0 Å². The third kappa shape index (κ3) is 5.83. The van der Waals surface area contributed by atoms with Gasteiger partial charge in [-0.15, -0.1) is 0 Å². The van der Waals surface area contributed by atoms with E-state index in [1.807, 2.05) is 18.2 Å². The molecule has 1 heterocycles. The van der Waals surface area contributed by atoms with Gasteiger partial charge in [0.15, 0.2) is 0 Å². The number of benzene rings is 1. The first kappa shape index (κ1) is 14.9. The summed E-state index contributed by atoms with van der Waals surface area (Å²) in [5.74, 6) is -0.644. The van der Waals surface area contributed by atoms with Crippen molar-refractivity contribution < 1.29 is 15.0 Å². The molecule has 1 aromatic carbocycles. The molecular formula is C14H12BrNO3. The summed E-state index contributed by atoms with van der Waals surface area (Å²) in [5, 5.41) is 17.2. The zero-order valence-corrected chi connectivity index (χ0v) is 11.5. The van der Waals surface area contributed by atoms with Gasteiger partial charge in [0.2, 0.25) is 0 Å². The number of carboxylic acid groups (broad SMARTS) is 1. The second-order valence-corrected chi connectivity index (χ2v) is 3.96. The summed E-state index contributed by atoms with van der Waals surface area (Å²) in [6, 6.07) is 10.1. The molecule has 0 radical (unpaired) electrons. The molecular weight excluding hydrogens is 310 g/mol. The summed E-state index contributed by atoms with van der Waals surface area (Å²) in [6.07, 6.45) is 4.74. The Kier molecular flexibility index (Phi) is 6.32. The number of aromatic carboxylic acids is 1. The fourth-order valence-electron chi connectivity index (χ4n) is 1.15. The van der Waals surface area contributed by atoms with E-state index >= 15 is 0 Å². The van der Waals surface area contributed by atoms with Crippen molar-refractivity contribution in [1.29, 1.82) is 0 Å². The number of hydrogen-bond donors (Lipinski definition) is 2. The SMILES string of the molecule is O=C(O)c1cccnc1.Oc1ccc(C=CBr)cc1. The minimum Gasteiger partial charge on any atom is -0.508 e. The minimum absolute atomic E-state index is 0.220. The van der Waals surface area contributed by atoms with Crippen LogP contribution in [0, 0.1) is 0 Å². The first-order valence-electron chi connectivity index (χ1n) is 5.32. The van der Waals surface area contributed by atoms with Crippen molar-refractivity contribution in [3.05, 3.63) is 64.9 Å². The lowest BCUT2D eigenvalue weighted by atomic mass is 10.2. The summed E-state index contributed by atoms with van der Waals surface area (Å²) in [4.78, 5) is 15.6. The summed E-state index contributed by atoms with van der Waals surface area (Å²) in [6.45, 7) is 0. The molecule has 98 valence electrons. The number of carbonyl (C=O) groups is 1. The van der Waals surface area contributed by atoms with Crippen molar-refractivity contribution >= 4 is 28.0 Å². The Bertz CT molecular complexity index is 538. The molecule has 0 unspecified atom stereocenters. The summed E-state index contributed by atoms with van der Waals surface area (Å²) < 4.78 is 0. The van der Waals surface area contributed by atoms with Gasteiger partial charge in [0.05, 0.1) is 5.56 Å². The molecule has 0 aliphatic carbocycles. The van der Waals surface area contributed by atoms with Gasteiger partial charge in [-0.1, -0.05) is 28.1 Å². The van der Waals surface area contributed by atoms with Gasteiger partial charge in [-0.05, 0) is 40.9 Å². The van der Waals surface area contributed by atoms with E-state index in [1.165, 1.54) is 18.5 Å². The van der Waals surface area contributed by atoms with E-state index in [0.29, 0.717) is 5.75 Å². The largest absolute Gasteiger partial charge is 0.508 e. The lowest BCUT2D eigenvalue weighted by Crippen LogP contribution is -1.94. The molecule has 4 nitrogen and oxygen atoms in total. The van der Waals surface area contributed by atoms with E-state index in [-0.39, 0.29) is 5.56 Å². The number of rotatable bonds is 2. The lowest BCUT2D eigenvalue weighted by Gasteiger charge is -1.91. The molecule has 19 heavy (non-hydrogen) atoms. The molecule has 0 saturated heterocycles. The molecule has 5 heteroatoms. The highest BCUT2D eigenvalue weighted by atomic mass is 79.9. The molecule has 0 fully saturated rings. The Morgan fingerprint density at radius 2 is 1.89 bits per heavy atom. The van der Waals surface area contributed by atoms with Crippen LogP contribution in [0.1, 0.15) is 15.9 Å². The summed E-state index contributed by atoms with van der Waals surface area (Å²) >= 11 is 3.16. The molecule has 2 N–H and O–H groups in total.